The summed E-state index contributed by atoms with van der Waals surface area (Å²) in [7, 11) is 0. The number of fused-ring (bicyclic) bond motifs is 1. The number of nitrogens with two attached hydrogens (primary N) is 1. The Morgan fingerprint density at radius 3 is 2.83 bits per heavy atom. The standard InChI is InChI=1S/C9H11N3/c1-5-3-4-7-6(2)11-9(10)12-8(5)7/h3-4,8H,1-2H3,(H2,10,12). The summed E-state index contributed by atoms with van der Waals surface area (Å²) in [5, 5.41) is 0. The summed E-state index contributed by atoms with van der Waals surface area (Å²) >= 11 is 0. The SMILES string of the molecule is CC1=CC=C2C(C)=NC(N)=NC12. The summed E-state index contributed by atoms with van der Waals surface area (Å²) in [5.41, 5.74) is 8.96. The average molecular weight is 161 g/mol. The molecule has 3 heteroatoms. The van der Waals surface area contributed by atoms with Crippen molar-refractivity contribution in [2.45, 2.75) is 19.9 Å². The van der Waals surface area contributed by atoms with Crippen molar-refractivity contribution in [3.05, 3.63) is 23.3 Å². The number of nitrogens with zero attached hydrogens (tertiary/aromatic N) is 2. The molecule has 62 valence electrons. The van der Waals surface area contributed by atoms with Gasteiger partial charge in [-0.25, -0.2) is 9.98 Å². The van der Waals surface area contributed by atoms with Gasteiger partial charge in [0.2, 0.25) is 5.96 Å². The molecule has 2 N–H and O–H groups in total. The highest BCUT2D eigenvalue weighted by Gasteiger charge is 2.24. The third kappa shape index (κ3) is 0.897. The largest absolute Gasteiger partial charge is 0.368 e. The van der Waals surface area contributed by atoms with Crippen LogP contribution in [0.3, 0.4) is 0 Å². The molecule has 3 nitrogen and oxygen atoms in total. The Balaban J connectivity index is 2.45. The highest BCUT2D eigenvalue weighted by Crippen LogP contribution is 2.26. The number of guanidine groups is 1. The van der Waals surface area contributed by atoms with E-state index >= 15 is 0 Å². The molecule has 0 bridgehead atoms. The Kier molecular flexibility index (Phi) is 1.40. The third-order valence-electron chi connectivity index (χ3n) is 2.21. The molecule has 0 saturated carbocycles. The summed E-state index contributed by atoms with van der Waals surface area (Å²) in [4.78, 5) is 8.35. The molecule has 0 saturated heterocycles. The second-order valence-electron chi connectivity index (χ2n) is 3.12. The van der Waals surface area contributed by atoms with E-state index in [4.69, 9.17) is 5.73 Å². The van der Waals surface area contributed by atoms with Crippen LogP contribution in [0.2, 0.25) is 0 Å². The van der Waals surface area contributed by atoms with Crippen molar-refractivity contribution in [1.29, 1.82) is 0 Å². The molecule has 1 unspecified atom stereocenters. The van der Waals surface area contributed by atoms with E-state index < -0.39 is 0 Å². The quantitative estimate of drug-likeness (QED) is 0.566. The molecule has 0 spiro atoms. The van der Waals surface area contributed by atoms with Gasteiger partial charge in [-0.1, -0.05) is 12.2 Å². The van der Waals surface area contributed by atoms with Crippen molar-refractivity contribution in [3.8, 4) is 0 Å². The summed E-state index contributed by atoms with van der Waals surface area (Å²) in [6, 6.07) is 0.141. The predicted molar refractivity (Wildman–Crippen MR) is 50.4 cm³/mol. The molecule has 1 atom stereocenters. The molecule has 1 heterocycles. The number of hydrogen-bond acceptors (Lipinski definition) is 3. The summed E-state index contributed by atoms with van der Waals surface area (Å²) in [6.07, 6.45) is 4.13. The molecule has 12 heavy (non-hydrogen) atoms. The van der Waals surface area contributed by atoms with Crippen LogP contribution in [0.4, 0.5) is 0 Å². The van der Waals surface area contributed by atoms with Gasteiger partial charge in [0.15, 0.2) is 0 Å². The molecule has 0 radical (unpaired) electrons. The minimum absolute atomic E-state index is 0.141. The van der Waals surface area contributed by atoms with Crippen LogP contribution in [0.5, 0.6) is 0 Å². The van der Waals surface area contributed by atoms with E-state index in [1.807, 2.05) is 6.92 Å². The normalized spacial score (nSPS) is 27.0. The van der Waals surface area contributed by atoms with Crippen LogP contribution in [-0.4, -0.2) is 17.7 Å². The topological polar surface area (TPSA) is 50.7 Å². The fourth-order valence-electron chi connectivity index (χ4n) is 1.54. The average Bonchev–Trinajstić information content (AvgIpc) is 2.33. The second-order valence-corrected chi connectivity index (χ2v) is 3.12. The maximum atomic E-state index is 5.55. The van der Waals surface area contributed by atoms with Crippen molar-refractivity contribution in [2.24, 2.45) is 15.7 Å². The first-order chi connectivity index (χ1) is 5.68. The Morgan fingerprint density at radius 1 is 1.33 bits per heavy atom. The van der Waals surface area contributed by atoms with E-state index in [1.54, 1.807) is 0 Å². The molecule has 1 aliphatic heterocycles. The zero-order valence-corrected chi connectivity index (χ0v) is 7.20. The Hall–Kier alpha value is -1.38. The van der Waals surface area contributed by atoms with Gasteiger partial charge in [-0.3, -0.25) is 0 Å². The van der Waals surface area contributed by atoms with Crippen LogP contribution in [0.25, 0.3) is 0 Å². The molecule has 0 aromatic carbocycles. The third-order valence-corrected chi connectivity index (χ3v) is 2.21. The fourth-order valence-corrected chi connectivity index (χ4v) is 1.54. The lowest BCUT2D eigenvalue weighted by molar-refractivity contribution is 0.922. The maximum Gasteiger partial charge on any atom is 0.216 e. The lowest BCUT2D eigenvalue weighted by Gasteiger charge is -2.17. The van der Waals surface area contributed by atoms with Crippen molar-refractivity contribution in [1.82, 2.24) is 0 Å². The Bertz CT molecular complexity index is 345. The second kappa shape index (κ2) is 2.30. The molecule has 2 aliphatic rings. The molecular formula is C9H11N3. The minimum atomic E-state index is 0.141. The minimum Gasteiger partial charge on any atom is -0.368 e. The summed E-state index contributed by atoms with van der Waals surface area (Å²) in [5.74, 6) is 0.393. The Labute approximate surface area is 71.4 Å². The van der Waals surface area contributed by atoms with Crippen LogP contribution in [0, 0.1) is 0 Å². The van der Waals surface area contributed by atoms with E-state index in [0.29, 0.717) is 5.96 Å². The lowest BCUT2D eigenvalue weighted by atomic mass is 10.0. The van der Waals surface area contributed by atoms with Gasteiger partial charge in [-0.2, -0.15) is 0 Å². The van der Waals surface area contributed by atoms with Gasteiger partial charge in [0, 0.05) is 11.3 Å². The van der Waals surface area contributed by atoms with Crippen molar-refractivity contribution >= 4 is 11.7 Å². The van der Waals surface area contributed by atoms with E-state index in [2.05, 4.69) is 29.1 Å². The number of allylic oxidation sites excluding steroid dienone is 2. The van der Waals surface area contributed by atoms with E-state index in [0.717, 1.165) is 5.71 Å². The Morgan fingerprint density at radius 2 is 2.08 bits per heavy atom. The monoisotopic (exact) mass is 161 g/mol. The number of aliphatic imine (C=N–C) groups is 2. The van der Waals surface area contributed by atoms with E-state index in [-0.39, 0.29) is 6.04 Å². The lowest BCUT2D eigenvalue weighted by Crippen LogP contribution is -2.25. The highest BCUT2D eigenvalue weighted by atomic mass is 15.1. The molecule has 2 rings (SSSR count). The van der Waals surface area contributed by atoms with Gasteiger partial charge in [0.05, 0.1) is 0 Å². The van der Waals surface area contributed by atoms with Crippen LogP contribution in [0.15, 0.2) is 33.3 Å². The first-order valence-corrected chi connectivity index (χ1v) is 3.96. The van der Waals surface area contributed by atoms with E-state index in [1.165, 1.54) is 11.1 Å². The highest BCUT2D eigenvalue weighted by molar-refractivity contribution is 6.09. The van der Waals surface area contributed by atoms with Gasteiger partial charge >= 0.3 is 0 Å². The molecular weight excluding hydrogens is 150 g/mol. The predicted octanol–water partition coefficient (Wildman–Crippen LogP) is 1.03. The van der Waals surface area contributed by atoms with Gasteiger partial charge < -0.3 is 5.73 Å². The molecule has 0 aromatic rings. The molecule has 0 fully saturated rings. The van der Waals surface area contributed by atoms with Crippen molar-refractivity contribution in [3.63, 3.8) is 0 Å². The number of hydrogen-bond donors (Lipinski definition) is 1. The van der Waals surface area contributed by atoms with Gasteiger partial charge in [0.1, 0.15) is 6.04 Å². The molecule has 1 aliphatic carbocycles. The zero-order valence-electron chi connectivity index (χ0n) is 7.20. The van der Waals surface area contributed by atoms with E-state index in [9.17, 15) is 0 Å². The first-order valence-electron chi connectivity index (χ1n) is 3.96. The fraction of sp³-hybridized carbons (Fsp3) is 0.333. The van der Waals surface area contributed by atoms with Gasteiger partial charge in [-0.05, 0) is 19.4 Å². The zero-order chi connectivity index (χ0) is 8.72. The van der Waals surface area contributed by atoms with Gasteiger partial charge in [-0.15, -0.1) is 0 Å². The number of rotatable bonds is 0. The summed E-state index contributed by atoms with van der Waals surface area (Å²) in [6.45, 7) is 4.02. The van der Waals surface area contributed by atoms with Crippen molar-refractivity contribution in [2.75, 3.05) is 0 Å². The maximum absolute atomic E-state index is 5.55. The van der Waals surface area contributed by atoms with Crippen molar-refractivity contribution < 1.29 is 0 Å². The van der Waals surface area contributed by atoms with Gasteiger partial charge in [0.25, 0.3) is 0 Å². The smallest absolute Gasteiger partial charge is 0.216 e. The molecule has 0 amide bonds. The van der Waals surface area contributed by atoms with Crippen LogP contribution in [-0.2, 0) is 0 Å². The van der Waals surface area contributed by atoms with Crippen LogP contribution in [0.1, 0.15) is 13.8 Å². The summed E-state index contributed by atoms with van der Waals surface area (Å²) < 4.78 is 0. The first kappa shape index (κ1) is 7.28. The van der Waals surface area contributed by atoms with Crippen LogP contribution >= 0.6 is 0 Å². The molecule has 0 aromatic heterocycles. The van der Waals surface area contributed by atoms with Crippen LogP contribution < -0.4 is 5.73 Å².